The third-order valence-corrected chi connectivity index (χ3v) is 4.59. The minimum atomic E-state index is -0.350. The molecule has 0 atom stereocenters. The van der Waals surface area contributed by atoms with Crippen LogP contribution >= 0.6 is 11.6 Å². The van der Waals surface area contributed by atoms with Gasteiger partial charge in [-0.05, 0) is 42.2 Å². The van der Waals surface area contributed by atoms with E-state index in [1.54, 1.807) is 34.9 Å². The molecule has 28 heavy (non-hydrogen) atoms. The van der Waals surface area contributed by atoms with Crippen LogP contribution in [0.3, 0.4) is 0 Å². The zero-order valence-corrected chi connectivity index (χ0v) is 16.7. The number of carbonyl (C=O) groups is 2. The van der Waals surface area contributed by atoms with E-state index in [0.29, 0.717) is 29.5 Å². The summed E-state index contributed by atoms with van der Waals surface area (Å²) in [5, 5.41) is 6.36. The van der Waals surface area contributed by atoms with Gasteiger partial charge in [0.2, 0.25) is 5.82 Å². The maximum absolute atomic E-state index is 12.7. The molecule has 7 heteroatoms. The van der Waals surface area contributed by atoms with Gasteiger partial charge in [0.1, 0.15) is 0 Å². The fourth-order valence-electron chi connectivity index (χ4n) is 2.79. The van der Waals surface area contributed by atoms with Crippen molar-refractivity contribution in [3.05, 3.63) is 70.8 Å². The number of nitrogens with zero attached hydrogens (tertiary/aromatic N) is 2. The minimum Gasteiger partial charge on any atom is -0.351 e. The highest BCUT2D eigenvalue weighted by Gasteiger charge is 2.21. The smallest absolute Gasteiger partial charge is 0.287 e. The van der Waals surface area contributed by atoms with Gasteiger partial charge in [0, 0.05) is 24.3 Å². The maximum atomic E-state index is 12.7. The maximum Gasteiger partial charge on any atom is 0.287 e. The topological polar surface area (TPSA) is 75.5 Å². The van der Waals surface area contributed by atoms with Gasteiger partial charge >= 0.3 is 0 Å². The van der Waals surface area contributed by atoms with Gasteiger partial charge in [0.15, 0.2) is 5.69 Å². The Morgan fingerprint density at radius 1 is 1.07 bits per heavy atom. The molecular formula is C21H23ClN4O2. The number of halogens is 1. The van der Waals surface area contributed by atoms with E-state index in [2.05, 4.69) is 29.5 Å². The Bertz CT molecular complexity index is 980. The second kappa shape index (κ2) is 8.89. The Morgan fingerprint density at radius 2 is 1.82 bits per heavy atom. The number of amides is 2. The first-order valence-corrected chi connectivity index (χ1v) is 9.61. The molecule has 2 amide bonds. The summed E-state index contributed by atoms with van der Waals surface area (Å²) in [5.41, 5.74) is 1.77. The Morgan fingerprint density at radius 3 is 2.54 bits per heavy atom. The predicted octanol–water partition coefficient (Wildman–Crippen LogP) is 3.69. The van der Waals surface area contributed by atoms with Crippen molar-refractivity contribution >= 4 is 28.9 Å². The van der Waals surface area contributed by atoms with E-state index in [9.17, 15) is 9.59 Å². The molecule has 1 aromatic carbocycles. The van der Waals surface area contributed by atoms with Gasteiger partial charge in [-0.25, -0.2) is 4.98 Å². The monoisotopic (exact) mass is 398 g/mol. The first kappa shape index (κ1) is 19.9. The fraction of sp³-hybridized carbons (Fsp3) is 0.286. The summed E-state index contributed by atoms with van der Waals surface area (Å²) in [6.07, 6.45) is 2.61. The Kier molecular flexibility index (Phi) is 6.31. The molecule has 0 aliphatic heterocycles. The highest BCUT2D eigenvalue weighted by molar-refractivity contribution is 6.30. The standard InChI is InChI=1S/C21H23ClN4O2/c1-14(2)10-11-23-20(27)18-17-5-3-4-12-26(17)19(25-18)21(28)24-13-15-6-8-16(22)9-7-15/h3-9,12,14H,10-11,13H2,1-2H3,(H,23,27)(H,24,28). The third kappa shape index (κ3) is 4.70. The molecule has 3 aromatic rings. The number of aromatic nitrogens is 2. The molecule has 2 aromatic heterocycles. The molecule has 0 saturated carbocycles. The number of pyridine rings is 1. The summed E-state index contributed by atoms with van der Waals surface area (Å²) in [5.74, 6) is 0.0466. The Balaban J connectivity index is 1.78. The van der Waals surface area contributed by atoms with Crippen LogP contribution in [-0.4, -0.2) is 27.7 Å². The van der Waals surface area contributed by atoms with Crippen molar-refractivity contribution in [1.82, 2.24) is 20.0 Å². The second-order valence-corrected chi connectivity index (χ2v) is 7.42. The molecule has 3 rings (SSSR count). The number of hydrogen-bond acceptors (Lipinski definition) is 3. The van der Waals surface area contributed by atoms with Crippen molar-refractivity contribution in [3.63, 3.8) is 0 Å². The van der Waals surface area contributed by atoms with E-state index in [0.717, 1.165) is 12.0 Å². The number of carbonyl (C=O) groups excluding carboxylic acids is 2. The van der Waals surface area contributed by atoms with Crippen LogP contribution in [0.1, 0.15) is 46.9 Å². The molecule has 0 radical (unpaired) electrons. The number of fused-ring (bicyclic) bond motifs is 1. The van der Waals surface area contributed by atoms with E-state index in [1.165, 1.54) is 0 Å². The molecule has 0 fully saturated rings. The first-order chi connectivity index (χ1) is 13.5. The van der Waals surface area contributed by atoms with Crippen LogP contribution in [0.2, 0.25) is 5.02 Å². The lowest BCUT2D eigenvalue weighted by molar-refractivity contribution is 0.0939. The molecule has 0 spiro atoms. The average molecular weight is 399 g/mol. The van der Waals surface area contributed by atoms with Gasteiger partial charge in [-0.15, -0.1) is 0 Å². The molecule has 0 aliphatic rings. The van der Waals surface area contributed by atoms with Crippen LogP contribution in [0.4, 0.5) is 0 Å². The lowest BCUT2D eigenvalue weighted by Gasteiger charge is -2.05. The molecule has 146 valence electrons. The fourth-order valence-corrected chi connectivity index (χ4v) is 2.91. The van der Waals surface area contributed by atoms with E-state index in [4.69, 9.17) is 11.6 Å². The number of nitrogens with one attached hydrogen (secondary N) is 2. The van der Waals surface area contributed by atoms with E-state index < -0.39 is 0 Å². The molecule has 0 saturated heterocycles. The van der Waals surface area contributed by atoms with Crippen molar-refractivity contribution in [2.24, 2.45) is 5.92 Å². The van der Waals surface area contributed by atoms with Crippen LogP contribution in [-0.2, 0) is 6.54 Å². The largest absolute Gasteiger partial charge is 0.351 e. The highest BCUT2D eigenvalue weighted by Crippen LogP contribution is 2.14. The summed E-state index contributed by atoms with van der Waals surface area (Å²) in [6.45, 7) is 5.11. The lowest BCUT2D eigenvalue weighted by atomic mass is 10.1. The van der Waals surface area contributed by atoms with Crippen molar-refractivity contribution in [2.45, 2.75) is 26.8 Å². The number of rotatable bonds is 7. The predicted molar refractivity (Wildman–Crippen MR) is 110 cm³/mol. The van der Waals surface area contributed by atoms with Crippen LogP contribution in [0.15, 0.2) is 48.7 Å². The SMILES string of the molecule is CC(C)CCNC(=O)c1nc(C(=O)NCc2ccc(Cl)cc2)n2ccccc12. The molecule has 2 heterocycles. The normalized spacial score (nSPS) is 11.0. The zero-order valence-electron chi connectivity index (χ0n) is 15.9. The minimum absolute atomic E-state index is 0.179. The molecular weight excluding hydrogens is 376 g/mol. The summed E-state index contributed by atoms with van der Waals surface area (Å²) in [7, 11) is 0. The summed E-state index contributed by atoms with van der Waals surface area (Å²) < 4.78 is 1.63. The quantitative estimate of drug-likeness (QED) is 0.637. The average Bonchev–Trinajstić information content (AvgIpc) is 3.07. The van der Waals surface area contributed by atoms with Crippen LogP contribution < -0.4 is 10.6 Å². The number of benzene rings is 1. The first-order valence-electron chi connectivity index (χ1n) is 9.23. The van der Waals surface area contributed by atoms with Crippen LogP contribution in [0, 0.1) is 5.92 Å². The van der Waals surface area contributed by atoms with Gasteiger partial charge in [0.25, 0.3) is 11.8 Å². The van der Waals surface area contributed by atoms with Crippen molar-refractivity contribution in [2.75, 3.05) is 6.54 Å². The van der Waals surface area contributed by atoms with Crippen LogP contribution in [0.25, 0.3) is 5.52 Å². The zero-order chi connectivity index (χ0) is 20.1. The summed E-state index contributed by atoms with van der Waals surface area (Å²) in [4.78, 5) is 29.6. The lowest BCUT2D eigenvalue weighted by Crippen LogP contribution is -2.27. The van der Waals surface area contributed by atoms with E-state index in [1.807, 2.05) is 18.2 Å². The molecule has 0 unspecified atom stereocenters. The molecule has 6 nitrogen and oxygen atoms in total. The second-order valence-electron chi connectivity index (χ2n) is 6.99. The number of hydrogen-bond donors (Lipinski definition) is 2. The Hall–Kier alpha value is -2.86. The highest BCUT2D eigenvalue weighted by atomic mass is 35.5. The van der Waals surface area contributed by atoms with Crippen LogP contribution in [0.5, 0.6) is 0 Å². The van der Waals surface area contributed by atoms with Crippen molar-refractivity contribution < 1.29 is 9.59 Å². The van der Waals surface area contributed by atoms with Crippen molar-refractivity contribution in [3.8, 4) is 0 Å². The summed E-state index contributed by atoms with van der Waals surface area (Å²) >= 11 is 5.88. The van der Waals surface area contributed by atoms with Gasteiger partial charge in [0.05, 0.1) is 5.52 Å². The molecule has 2 N–H and O–H groups in total. The van der Waals surface area contributed by atoms with E-state index >= 15 is 0 Å². The van der Waals surface area contributed by atoms with E-state index in [-0.39, 0.29) is 23.3 Å². The molecule has 0 bridgehead atoms. The van der Waals surface area contributed by atoms with Crippen molar-refractivity contribution in [1.29, 1.82) is 0 Å². The van der Waals surface area contributed by atoms with Gasteiger partial charge < -0.3 is 10.6 Å². The molecule has 0 aliphatic carbocycles. The van der Waals surface area contributed by atoms with Gasteiger partial charge in [-0.1, -0.05) is 43.6 Å². The third-order valence-electron chi connectivity index (χ3n) is 4.34. The Labute approximate surface area is 168 Å². The summed E-state index contributed by atoms with van der Waals surface area (Å²) in [6, 6.07) is 12.6. The van der Waals surface area contributed by atoms with Gasteiger partial charge in [-0.3, -0.25) is 14.0 Å². The number of imidazole rings is 1. The van der Waals surface area contributed by atoms with Gasteiger partial charge in [-0.2, -0.15) is 0 Å².